The Kier molecular flexibility index (Phi) is 3.41. The molecular weight excluding hydrogens is 294 g/mol. The Hall–Kier alpha value is -1.03. The number of hydrogen-bond acceptors (Lipinski definition) is 2. The second-order valence-corrected chi connectivity index (χ2v) is 6.42. The first-order valence-electron chi connectivity index (χ1n) is 6.08. The standard InChI is InChI=1S/C14H18BrNO2/c1-9-11(15)6-5-10-7-8-16(12(9)10)13(17)18-14(2,3)4/h5-6H,7-8H2,1-4H3. The van der Waals surface area contributed by atoms with Crippen LogP contribution >= 0.6 is 15.9 Å². The average Bonchev–Trinajstić information content (AvgIpc) is 2.65. The number of hydrogen-bond donors (Lipinski definition) is 0. The van der Waals surface area contributed by atoms with E-state index in [1.807, 2.05) is 33.8 Å². The Bertz CT molecular complexity index is 491. The molecule has 1 heterocycles. The van der Waals surface area contributed by atoms with Crippen molar-refractivity contribution in [2.75, 3.05) is 11.4 Å². The first kappa shape index (κ1) is 13.4. The third-order valence-electron chi connectivity index (χ3n) is 2.94. The number of fused-ring (bicyclic) bond motifs is 1. The topological polar surface area (TPSA) is 29.5 Å². The van der Waals surface area contributed by atoms with Crippen LogP contribution in [0.5, 0.6) is 0 Å². The zero-order valence-corrected chi connectivity index (χ0v) is 12.8. The number of amides is 1. The molecule has 4 heteroatoms. The number of halogens is 1. The number of nitrogens with zero attached hydrogens (tertiary/aromatic N) is 1. The second-order valence-electron chi connectivity index (χ2n) is 5.56. The zero-order chi connectivity index (χ0) is 13.5. The van der Waals surface area contributed by atoms with Crippen LogP contribution < -0.4 is 4.90 Å². The van der Waals surface area contributed by atoms with Gasteiger partial charge in [-0.1, -0.05) is 22.0 Å². The first-order chi connectivity index (χ1) is 8.29. The van der Waals surface area contributed by atoms with Crippen LogP contribution in [0.1, 0.15) is 31.9 Å². The monoisotopic (exact) mass is 311 g/mol. The van der Waals surface area contributed by atoms with Gasteiger partial charge in [0.1, 0.15) is 5.60 Å². The maximum atomic E-state index is 12.2. The van der Waals surface area contributed by atoms with Gasteiger partial charge in [0, 0.05) is 11.0 Å². The molecule has 0 saturated carbocycles. The van der Waals surface area contributed by atoms with Crippen LogP contribution in [0.25, 0.3) is 0 Å². The summed E-state index contributed by atoms with van der Waals surface area (Å²) in [5.74, 6) is 0. The van der Waals surface area contributed by atoms with Crippen LogP contribution in [-0.4, -0.2) is 18.2 Å². The summed E-state index contributed by atoms with van der Waals surface area (Å²) in [7, 11) is 0. The molecule has 0 unspecified atom stereocenters. The van der Waals surface area contributed by atoms with Gasteiger partial charge in [0.2, 0.25) is 0 Å². The summed E-state index contributed by atoms with van der Waals surface area (Å²) in [5.41, 5.74) is 2.84. The molecule has 3 nitrogen and oxygen atoms in total. The summed E-state index contributed by atoms with van der Waals surface area (Å²) < 4.78 is 6.47. The molecule has 2 rings (SSSR count). The fourth-order valence-electron chi connectivity index (χ4n) is 2.15. The van der Waals surface area contributed by atoms with E-state index in [1.54, 1.807) is 4.90 Å². The van der Waals surface area contributed by atoms with Crippen molar-refractivity contribution in [3.63, 3.8) is 0 Å². The van der Waals surface area contributed by atoms with Gasteiger partial charge < -0.3 is 4.74 Å². The van der Waals surface area contributed by atoms with Crippen LogP contribution in [0, 0.1) is 6.92 Å². The molecule has 0 N–H and O–H groups in total. The summed E-state index contributed by atoms with van der Waals surface area (Å²) >= 11 is 3.51. The Labute approximate surface area is 116 Å². The van der Waals surface area contributed by atoms with Crippen molar-refractivity contribution in [1.29, 1.82) is 0 Å². The first-order valence-corrected chi connectivity index (χ1v) is 6.87. The molecule has 1 aromatic rings. The Balaban J connectivity index is 2.31. The molecule has 0 saturated heterocycles. The van der Waals surface area contributed by atoms with E-state index in [2.05, 4.69) is 22.0 Å². The van der Waals surface area contributed by atoms with Gasteiger partial charge in [-0.05, 0) is 51.3 Å². The molecule has 1 aliphatic rings. The predicted octanol–water partition coefficient (Wildman–Crippen LogP) is 4.06. The van der Waals surface area contributed by atoms with Gasteiger partial charge in [-0.15, -0.1) is 0 Å². The number of ether oxygens (including phenoxy) is 1. The molecule has 0 spiro atoms. The summed E-state index contributed by atoms with van der Waals surface area (Å²) in [6.45, 7) is 8.37. The van der Waals surface area contributed by atoms with E-state index in [0.717, 1.165) is 22.1 Å². The minimum atomic E-state index is -0.459. The van der Waals surface area contributed by atoms with Crippen molar-refractivity contribution in [2.45, 2.75) is 39.7 Å². The quantitative estimate of drug-likeness (QED) is 0.723. The minimum Gasteiger partial charge on any atom is -0.443 e. The summed E-state index contributed by atoms with van der Waals surface area (Å²) in [6.07, 6.45) is 0.630. The largest absolute Gasteiger partial charge is 0.443 e. The molecule has 18 heavy (non-hydrogen) atoms. The van der Waals surface area contributed by atoms with E-state index < -0.39 is 5.60 Å². The lowest BCUT2D eigenvalue weighted by Gasteiger charge is -2.25. The van der Waals surface area contributed by atoms with Gasteiger partial charge in [0.15, 0.2) is 0 Å². The Morgan fingerprint density at radius 1 is 1.39 bits per heavy atom. The van der Waals surface area contributed by atoms with Crippen molar-refractivity contribution in [3.05, 3.63) is 27.7 Å². The number of carbonyl (C=O) groups is 1. The second kappa shape index (κ2) is 4.57. The van der Waals surface area contributed by atoms with Crippen molar-refractivity contribution < 1.29 is 9.53 Å². The van der Waals surface area contributed by atoms with E-state index in [0.29, 0.717) is 6.54 Å². The van der Waals surface area contributed by atoms with E-state index >= 15 is 0 Å². The van der Waals surface area contributed by atoms with Gasteiger partial charge >= 0.3 is 6.09 Å². The number of benzene rings is 1. The highest BCUT2D eigenvalue weighted by Gasteiger charge is 2.30. The molecule has 98 valence electrons. The van der Waals surface area contributed by atoms with Crippen molar-refractivity contribution in [3.8, 4) is 0 Å². The van der Waals surface area contributed by atoms with Gasteiger partial charge in [-0.25, -0.2) is 4.79 Å². The van der Waals surface area contributed by atoms with Gasteiger partial charge in [0.25, 0.3) is 0 Å². The fraction of sp³-hybridized carbons (Fsp3) is 0.500. The maximum absolute atomic E-state index is 12.2. The van der Waals surface area contributed by atoms with Crippen molar-refractivity contribution >= 4 is 27.7 Å². The SMILES string of the molecule is Cc1c(Br)ccc2c1N(C(=O)OC(C)(C)C)CC2. The summed E-state index contributed by atoms with van der Waals surface area (Å²) in [6, 6.07) is 4.10. The summed E-state index contributed by atoms with van der Waals surface area (Å²) in [5, 5.41) is 0. The Morgan fingerprint density at radius 2 is 2.06 bits per heavy atom. The van der Waals surface area contributed by atoms with E-state index in [-0.39, 0.29) is 6.09 Å². The van der Waals surface area contributed by atoms with Crippen molar-refractivity contribution in [2.24, 2.45) is 0 Å². The molecule has 1 aromatic carbocycles. The minimum absolute atomic E-state index is 0.262. The highest BCUT2D eigenvalue weighted by molar-refractivity contribution is 9.10. The van der Waals surface area contributed by atoms with E-state index in [4.69, 9.17) is 4.74 Å². The molecular formula is C14H18BrNO2. The molecule has 0 aromatic heterocycles. The number of anilines is 1. The molecule has 0 aliphatic carbocycles. The smallest absolute Gasteiger partial charge is 0.414 e. The Morgan fingerprint density at radius 3 is 2.67 bits per heavy atom. The molecule has 0 fully saturated rings. The van der Waals surface area contributed by atoms with Gasteiger partial charge in [-0.3, -0.25) is 4.90 Å². The molecule has 0 bridgehead atoms. The van der Waals surface area contributed by atoms with Crippen LogP contribution in [0.4, 0.5) is 10.5 Å². The highest BCUT2D eigenvalue weighted by atomic mass is 79.9. The third kappa shape index (κ3) is 2.53. The molecule has 1 aliphatic heterocycles. The maximum Gasteiger partial charge on any atom is 0.414 e. The van der Waals surface area contributed by atoms with Gasteiger partial charge in [0.05, 0.1) is 5.69 Å². The lowest BCUT2D eigenvalue weighted by molar-refractivity contribution is 0.0584. The molecule has 0 radical (unpaired) electrons. The highest BCUT2D eigenvalue weighted by Crippen LogP contribution is 2.36. The lowest BCUT2D eigenvalue weighted by Crippen LogP contribution is -2.36. The molecule has 0 atom stereocenters. The van der Waals surface area contributed by atoms with Crippen LogP contribution in [0.2, 0.25) is 0 Å². The van der Waals surface area contributed by atoms with Crippen LogP contribution in [-0.2, 0) is 11.2 Å². The predicted molar refractivity (Wildman–Crippen MR) is 76.2 cm³/mol. The number of carbonyl (C=O) groups excluding carboxylic acids is 1. The van der Waals surface area contributed by atoms with E-state index in [9.17, 15) is 4.79 Å². The lowest BCUT2D eigenvalue weighted by atomic mass is 10.1. The van der Waals surface area contributed by atoms with Crippen molar-refractivity contribution in [1.82, 2.24) is 0 Å². The third-order valence-corrected chi connectivity index (χ3v) is 3.80. The molecule has 1 amide bonds. The van der Waals surface area contributed by atoms with E-state index in [1.165, 1.54) is 5.56 Å². The fourth-order valence-corrected chi connectivity index (χ4v) is 2.47. The van der Waals surface area contributed by atoms with Crippen LogP contribution in [0.15, 0.2) is 16.6 Å². The van der Waals surface area contributed by atoms with Gasteiger partial charge in [-0.2, -0.15) is 0 Å². The number of rotatable bonds is 0. The normalized spacial score (nSPS) is 14.6. The average molecular weight is 312 g/mol. The summed E-state index contributed by atoms with van der Waals surface area (Å²) in [4.78, 5) is 13.9. The zero-order valence-electron chi connectivity index (χ0n) is 11.2. The van der Waals surface area contributed by atoms with Crippen LogP contribution in [0.3, 0.4) is 0 Å².